The van der Waals surface area contributed by atoms with Crippen molar-refractivity contribution in [3.05, 3.63) is 63.6 Å². The monoisotopic (exact) mass is 320 g/mol. The van der Waals surface area contributed by atoms with Gasteiger partial charge in [0.15, 0.2) is 0 Å². The first-order chi connectivity index (χ1) is 10.2. The molecule has 0 saturated carbocycles. The van der Waals surface area contributed by atoms with Gasteiger partial charge >= 0.3 is 0 Å². The Morgan fingerprint density at radius 2 is 1.90 bits per heavy atom. The van der Waals surface area contributed by atoms with Gasteiger partial charge in [0.1, 0.15) is 12.4 Å². The van der Waals surface area contributed by atoms with Crippen LogP contribution in [0.2, 0.25) is 10.0 Å². The summed E-state index contributed by atoms with van der Waals surface area (Å²) in [6.07, 6.45) is 0.476. The molecule has 108 valence electrons. The number of aliphatic hydroxyl groups is 1. The fourth-order valence-corrected chi connectivity index (χ4v) is 1.98. The number of halogens is 2. The molecule has 0 amide bonds. The van der Waals surface area contributed by atoms with Gasteiger partial charge in [-0.2, -0.15) is 0 Å². The molecule has 0 aliphatic carbocycles. The van der Waals surface area contributed by atoms with Gasteiger partial charge in [0.05, 0.1) is 16.7 Å². The van der Waals surface area contributed by atoms with Crippen molar-refractivity contribution in [2.75, 3.05) is 6.61 Å². The van der Waals surface area contributed by atoms with Crippen molar-refractivity contribution in [2.24, 2.45) is 0 Å². The third-order valence-electron chi connectivity index (χ3n) is 2.69. The molecule has 4 heteroatoms. The van der Waals surface area contributed by atoms with Crippen LogP contribution in [0.3, 0.4) is 0 Å². The van der Waals surface area contributed by atoms with E-state index < -0.39 is 0 Å². The maximum atomic E-state index is 8.71. The highest BCUT2D eigenvalue weighted by molar-refractivity contribution is 6.42. The summed E-state index contributed by atoms with van der Waals surface area (Å²) in [6.45, 7) is 0.501. The van der Waals surface area contributed by atoms with Crippen LogP contribution in [-0.4, -0.2) is 11.7 Å². The average molecular weight is 321 g/mol. The summed E-state index contributed by atoms with van der Waals surface area (Å²) in [5, 5.41) is 9.68. The van der Waals surface area contributed by atoms with Crippen LogP contribution >= 0.6 is 23.2 Å². The van der Waals surface area contributed by atoms with Crippen LogP contribution in [0.5, 0.6) is 5.75 Å². The molecule has 0 heterocycles. The predicted molar refractivity (Wildman–Crippen MR) is 85.8 cm³/mol. The molecule has 0 radical (unpaired) electrons. The molecule has 2 aromatic rings. The average Bonchev–Trinajstić information content (AvgIpc) is 2.49. The van der Waals surface area contributed by atoms with Gasteiger partial charge in [-0.3, -0.25) is 0 Å². The highest BCUT2D eigenvalue weighted by Crippen LogP contribution is 2.26. The molecule has 0 saturated heterocycles. The normalized spacial score (nSPS) is 9.86. The number of hydrogen-bond acceptors (Lipinski definition) is 2. The van der Waals surface area contributed by atoms with Crippen molar-refractivity contribution in [3.63, 3.8) is 0 Å². The molecule has 0 unspecified atom stereocenters. The summed E-state index contributed by atoms with van der Waals surface area (Å²) in [5.41, 5.74) is 1.91. The van der Waals surface area contributed by atoms with Gasteiger partial charge in [-0.15, -0.1) is 0 Å². The molecular weight excluding hydrogens is 307 g/mol. The van der Waals surface area contributed by atoms with Crippen LogP contribution in [-0.2, 0) is 6.61 Å². The maximum absolute atomic E-state index is 8.71. The number of ether oxygens (including phenoxy) is 1. The Morgan fingerprint density at radius 3 is 2.67 bits per heavy atom. The van der Waals surface area contributed by atoms with Gasteiger partial charge in [0.25, 0.3) is 0 Å². The highest BCUT2D eigenvalue weighted by atomic mass is 35.5. The Balaban J connectivity index is 2.01. The van der Waals surface area contributed by atoms with Crippen molar-refractivity contribution in [3.8, 4) is 17.6 Å². The van der Waals surface area contributed by atoms with Crippen LogP contribution in [0.15, 0.2) is 42.5 Å². The second-order valence-electron chi connectivity index (χ2n) is 4.34. The molecule has 0 aliphatic rings. The van der Waals surface area contributed by atoms with E-state index in [-0.39, 0.29) is 6.61 Å². The van der Waals surface area contributed by atoms with Crippen molar-refractivity contribution < 1.29 is 9.84 Å². The lowest BCUT2D eigenvalue weighted by molar-refractivity contribution is 0.305. The Kier molecular flexibility index (Phi) is 5.95. The van der Waals surface area contributed by atoms with Gasteiger partial charge in [-0.05, 0) is 29.8 Å². The van der Waals surface area contributed by atoms with E-state index in [1.54, 1.807) is 18.2 Å². The fourth-order valence-electron chi connectivity index (χ4n) is 1.69. The third-order valence-corrected chi connectivity index (χ3v) is 3.43. The topological polar surface area (TPSA) is 29.5 Å². The molecule has 0 spiro atoms. The van der Waals surface area contributed by atoms with Crippen LogP contribution in [0, 0.1) is 11.8 Å². The summed E-state index contributed by atoms with van der Waals surface area (Å²) in [7, 11) is 0. The van der Waals surface area contributed by atoms with Gasteiger partial charge in [0.2, 0.25) is 0 Å². The highest BCUT2D eigenvalue weighted by Gasteiger charge is 2.01. The molecule has 2 nitrogen and oxygen atoms in total. The van der Waals surface area contributed by atoms with Crippen LogP contribution in [0.25, 0.3) is 0 Å². The van der Waals surface area contributed by atoms with E-state index in [9.17, 15) is 0 Å². The molecule has 0 aliphatic heterocycles. The second kappa shape index (κ2) is 7.95. The van der Waals surface area contributed by atoms with E-state index in [1.807, 2.05) is 24.3 Å². The van der Waals surface area contributed by atoms with Crippen molar-refractivity contribution in [1.29, 1.82) is 0 Å². The minimum absolute atomic E-state index is 0.0765. The third kappa shape index (κ3) is 4.99. The molecule has 0 fully saturated rings. The summed E-state index contributed by atoms with van der Waals surface area (Å²) in [6, 6.07) is 12.9. The van der Waals surface area contributed by atoms with Gasteiger partial charge in [-0.25, -0.2) is 0 Å². The van der Waals surface area contributed by atoms with E-state index in [0.717, 1.165) is 11.1 Å². The first-order valence-corrected chi connectivity index (χ1v) is 7.21. The van der Waals surface area contributed by atoms with Crippen molar-refractivity contribution in [2.45, 2.75) is 13.0 Å². The first kappa shape index (κ1) is 15.7. The Hall–Kier alpha value is -1.66. The minimum Gasteiger partial charge on any atom is -0.489 e. The standard InChI is InChI=1S/C17H14Cl2O2/c18-16-8-7-15(11-17(16)19)21-12-14-6-3-5-13(10-14)4-1-2-9-20/h3,5-8,10-11,20H,2,9,12H2. The van der Waals surface area contributed by atoms with Crippen molar-refractivity contribution >= 4 is 23.2 Å². The maximum Gasteiger partial charge on any atom is 0.121 e. The van der Waals surface area contributed by atoms with Crippen LogP contribution in [0.4, 0.5) is 0 Å². The lowest BCUT2D eigenvalue weighted by atomic mass is 10.1. The van der Waals surface area contributed by atoms with E-state index in [4.69, 9.17) is 33.0 Å². The number of hydrogen-bond donors (Lipinski definition) is 1. The zero-order valence-electron chi connectivity index (χ0n) is 11.3. The number of benzene rings is 2. The summed E-state index contributed by atoms with van der Waals surface area (Å²) in [5.74, 6) is 6.56. The van der Waals surface area contributed by atoms with E-state index in [0.29, 0.717) is 28.8 Å². The summed E-state index contributed by atoms with van der Waals surface area (Å²) < 4.78 is 5.68. The quantitative estimate of drug-likeness (QED) is 0.851. The van der Waals surface area contributed by atoms with Crippen LogP contribution < -0.4 is 4.74 Å². The van der Waals surface area contributed by atoms with Gasteiger partial charge in [0, 0.05) is 18.1 Å². The first-order valence-electron chi connectivity index (χ1n) is 6.45. The van der Waals surface area contributed by atoms with Crippen molar-refractivity contribution in [1.82, 2.24) is 0 Å². The predicted octanol–water partition coefficient (Wildman–Crippen LogP) is 4.31. The van der Waals surface area contributed by atoms with E-state index >= 15 is 0 Å². The summed E-state index contributed by atoms with van der Waals surface area (Å²) in [4.78, 5) is 0. The Bertz CT molecular complexity index is 672. The molecule has 2 rings (SSSR count). The van der Waals surface area contributed by atoms with Gasteiger partial charge < -0.3 is 9.84 Å². The molecule has 21 heavy (non-hydrogen) atoms. The number of rotatable bonds is 4. The fraction of sp³-hybridized carbons (Fsp3) is 0.176. The summed E-state index contributed by atoms with van der Waals surface area (Å²) >= 11 is 11.8. The Morgan fingerprint density at radius 1 is 1.05 bits per heavy atom. The van der Waals surface area contributed by atoms with E-state index in [2.05, 4.69) is 11.8 Å². The number of aliphatic hydroxyl groups excluding tert-OH is 1. The molecular formula is C17H14Cl2O2. The molecule has 2 aromatic carbocycles. The zero-order chi connectivity index (χ0) is 15.1. The SMILES string of the molecule is OCCC#Cc1cccc(COc2ccc(Cl)c(Cl)c2)c1. The van der Waals surface area contributed by atoms with Crippen LogP contribution in [0.1, 0.15) is 17.5 Å². The molecule has 0 aromatic heterocycles. The second-order valence-corrected chi connectivity index (χ2v) is 5.15. The molecule has 0 bridgehead atoms. The lowest BCUT2D eigenvalue weighted by Gasteiger charge is -2.07. The Labute approximate surface area is 134 Å². The van der Waals surface area contributed by atoms with E-state index in [1.165, 1.54) is 0 Å². The molecule has 1 N–H and O–H groups in total. The van der Waals surface area contributed by atoms with Gasteiger partial charge in [-0.1, -0.05) is 47.2 Å². The minimum atomic E-state index is 0.0765. The smallest absolute Gasteiger partial charge is 0.121 e. The lowest BCUT2D eigenvalue weighted by Crippen LogP contribution is -1.95. The molecule has 0 atom stereocenters. The zero-order valence-corrected chi connectivity index (χ0v) is 12.8. The largest absolute Gasteiger partial charge is 0.489 e.